The summed E-state index contributed by atoms with van der Waals surface area (Å²) in [4.78, 5) is 0. The third kappa shape index (κ3) is 5.22. The maximum absolute atomic E-state index is 5.31. The van der Waals surface area contributed by atoms with Crippen LogP contribution in [-0.2, 0) is 0 Å². The smallest absolute Gasteiger partial charge is 0.0885 e. The van der Waals surface area contributed by atoms with Gasteiger partial charge < -0.3 is 0 Å². The lowest BCUT2D eigenvalue weighted by atomic mass is 10.9. The highest BCUT2D eigenvalue weighted by Crippen LogP contribution is 2.36. The zero-order chi connectivity index (χ0) is 5.21. The van der Waals surface area contributed by atoms with E-state index in [1.54, 1.807) is 6.92 Å². The van der Waals surface area contributed by atoms with E-state index in [4.69, 9.17) is 33.9 Å². The molecule has 0 aromatic rings. The molecule has 0 radical (unpaired) electrons. The summed E-state index contributed by atoms with van der Waals surface area (Å²) < 4.78 is -0.832. The summed E-state index contributed by atoms with van der Waals surface area (Å²) in [7, 11) is 6.02. The van der Waals surface area contributed by atoms with E-state index in [0.717, 1.165) is 11.0 Å². The minimum absolute atomic E-state index is 0.832. The molecule has 0 saturated heterocycles. The first-order chi connectivity index (χ1) is 2.56. The van der Waals surface area contributed by atoms with E-state index in [1.807, 2.05) is 0 Å². The predicted octanol–water partition coefficient (Wildman–Crippen LogP) is 3.02. The third-order valence-electron chi connectivity index (χ3n) is 0.135. The van der Waals surface area contributed by atoms with Gasteiger partial charge in [0.15, 0.2) is 3.67 Å². The molecule has 0 N–H and O–H groups in total. The third-order valence-corrected chi connectivity index (χ3v) is 2.27. The van der Waals surface area contributed by atoms with Crippen LogP contribution in [0.15, 0.2) is 0 Å². The monoisotopic (exact) mass is 164 g/mol. The highest BCUT2D eigenvalue weighted by atomic mass is 35.7. The van der Waals surface area contributed by atoms with Gasteiger partial charge in [0.1, 0.15) is 0 Å². The van der Waals surface area contributed by atoms with Crippen molar-refractivity contribution in [2.24, 2.45) is 0 Å². The summed E-state index contributed by atoms with van der Waals surface area (Å²) in [6.07, 6.45) is 0. The van der Waals surface area contributed by atoms with Crippen LogP contribution in [0.25, 0.3) is 0 Å². The van der Waals surface area contributed by atoms with E-state index < -0.39 is 3.67 Å². The molecular weight excluding hydrogens is 162 g/mol. The van der Waals surface area contributed by atoms with Gasteiger partial charge in [0.05, 0.1) is 0 Å². The van der Waals surface area contributed by atoms with Gasteiger partial charge in [-0.1, -0.05) is 23.2 Å². The molecule has 0 amide bonds. The average Bonchev–Trinajstić information content (AvgIpc) is 1.35. The number of rotatable bonds is 1. The Morgan fingerprint density at radius 3 is 1.67 bits per heavy atom. The van der Waals surface area contributed by atoms with E-state index in [0.29, 0.717) is 0 Å². The average molecular weight is 165 g/mol. The molecule has 0 aromatic heterocycles. The summed E-state index contributed by atoms with van der Waals surface area (Å²) in [6.45, 7) is 1.60. The topological polar surface area (TPSA) is 0 Å². The number of halogens is 3. The molecule has 4 heteroatoms. The van der Waals surface area contributed by atoms with Crippen LogP contribution in [0, 0.1) is 0 Å². The fourth-order valence-electron chi connectivity index (χ4n) is 0. The van der Waals surface area contributed by atoms with Gasteiger partial charge in [0.25, 0.3) is 0 Å². The standard InChI is InChI=1S/C2H3Cl3S/c1-2(3,4)6-5/h1H3. The van der Waals surface area contributed by atoms with Crippen molar-refractivity contribution in [2.45, 2.75) is 10.6 Å². The summed E-state index contributed by atoms with van der Waals surface area (Å²) in [5.41, 5.74) is 0. The van der Waals surface area contributed by atoms with E-state index in [1.165, 1.54) is 0 Å². The Kier molecular flexibility index (Phi) is 3.02. The normalized spacial score (nSPS) is 12.0. The van der Waals surface area contributed by atoms with Gasteiger partial charge in [-0.25, -0.2) is 0 Å². The molecule has 0 unspecified atom stereocenters. The second-order valence-corrected chi connectivity index (χ2v) is 4.47. The molecule has 0 aromatic carbocycles. The van der Waals surface area contributed by atoms with Gasteiger partial charge >= 0.3 is 0 Å². The zero-order valence-corrected chi connectivity index (χ0v) is 6.13. The van der Waals surface area contributed by atoms with E-state index in [-0.39, 0.29) is 0 Å². The lowest BCUT2D eigenvalue weighted by molar-refractivity contribution is 1.30. The molecule has 0 heterocycles. The summed E-state index contributed by atoms with van der Waals surface area (Å²) >= 11 is 10.6. The van der Waals surface area contributed by atoms with Crippen molar-refractivity contribution >= 4 is 44.9 Å². The molecule has 0 spiro atoms. The molecule has 6 heavy (non-hydrogen) atoms. The predicted molar refractivity (Wildman–Crippen MR) is 33.6 cm³/mol. The van der Waals surface area contributed by atoms with Gasteiger partial charge in [-0.05, 0) is 28.6 Å². The van der Waals surface area contributed by atoms with Crippen LogP contribution in [0.1, 0.15) is 6.92 Å². The van der Waals surface area contributed by atoms with Crippen molar-refractivity contribution < 1.29 is 0 Å². The van der Waals surface area contributed by atoms with E-state index in [9.17, 15) is 0 Å². The highest BCUT2D eigenvalue weighted by Gasteiger charge is 2.13. The van der Waals surface area contributed by atoms with Crippen molar-refractivity contribution in [3.63, 3.8) is 0 Å². The van der Waals surface area contributed by atoms with Crippen LogP contribution in [0.5, 0.6) is 0 Å². The van der Waals surface area contributed by atoms with Crippen LogP contribution in [-0.4, -0.2) is 3.67 Å². The first kappa shape index (κ1) is 7.22. The Hall–Kier alpha value is 1.22. The molecule has 0 fully saturated rings. The van der Waals surface area contributed by atoms with Gasteiger partial charge in [-0.2, -0.15) is 0 Å². The first-order valence-electron chi connectivity index (χ1n) is 1.24. The van der Waals surface area contributed by atoms with Gasteiger partial charge in [-0.3, -0.25) is 0 Å². The molecule has 0 nitrogen and oxygen atoms in total. The first-order valence-corrected chi connectivity index (χ1v) is 3.63. The van der Waals surface area contributed by atoms with E-state index in [2.05, 4.69) is 0 Å². The molecular formula is C2H3Cl3S. The highest BCUT2D eigenvalue weighted by molar-refractivity contribution is 8.23. The molecule has 0 aliphatic rings. The molecule has 0 bridgehead atoms. The van der Waals surface area contributed by atoms with Crippen molar-refractivity contribution in [3.8, 4) is 0 Å². The van der Waals surface area contributed by atoms with Crippen LogP contribution in [0.2, 0.25) is 0 Å². The molecule has 0 rings (SSSR count). The number of hydrogen-bond donors (Lipinski definition) is 0. The van der Waals surface area contributed by atoms with Crippen LogP contribution < -0.4 is 0 Å². The molecule has 0 atom stereocenters. The van der Waals surface area contributed by atoms with Gasteiger partial charge in [0, 0.05) is 0 Å². The molecule has 0 aliphatic heterocycles. The van der Waals surface area contributed by atoms with Crippen LogP contribution in [0.4, 0.5) is 0 Å². The summed E-state index contributed by atoms with van der Waals surface area (Å²) in [5.74, 6) is 0. The summed E-state index contributed by atoms with van der Waals surface area (Å²) in [6, 6.07) is 0. The van der Waals surface area contributed by atoms with Gasteiger partial charge in [-0.15, -0.1) is 0 Å². The second-order valence-electron chi connectivity index (χ2n) is 0.885. The fourth-order valence-corrected chi connectivity index (χ4v) is 0. The van der Waals surface area contributed by atoms with Crippen molar-refractivity contribution in [2.75, 3.05) is 0 Å². The zero-order valence-electron chi connectivity index (χ0n) is 3.04. The lowest BCUT2D eigenvalue weighted by Gasteiger charge is -2.02. The fraction of sp³-hybridized carbons (Fsp3) is 1.00. The van der Waals surface area contributed by atoms with Crippen molar-refractivity contribution in [3.05, 3.63) is 0 Å². The summed E-state index contributed by atoms with van der Waals surface area (Å²) in [5, 5.41) is 0. The van der Waals surface area contributed by atoms with E-state index >= 15 is 0 Å². The molecule has 0 saturated carbocycles. The minimum Gasteiger partial charge on any atom is -0.0885 e. The number of hydrogen-bond acceptors (Lipinski definition) is 1. The van der Waals surface area contributed by atoms with Crippen LogP contribution in [0.3, 0.4) is 0 Å². The quantitative estimate of drug-likeness (QED) is 0.538. The van der Waals surface area contributed by atoms with Crippen molar-refractivity contribution in [1.29, 1.82) is 0 Å². The Morgan fingerprint density at radius 2 is 1.67 bits per heavy atom. The minimum atomic E-state index is -0.832. The SMILES string of the molecule is CC(Cl)(Cl)SCl. The lowest BCUT2D eigenvalue weighted by Crippen LogP contribution is -1.92. The van der Waals surface area contributed by atoms with Gasteiger partial charge in [0.2, 0.25) is 0 Å². The Balaban J connectivity index is 3.17. The molecule has 38 valence electrons. The number of alkyl halides is 2. The molecule has 0 aliphatic carbocycles. The Morgan fingerprint density at radius 1 is 1.50 bits per heavy atom. The largest absolute Gasteiger partial charge is 0.174 e. The Labute approximate surface area is 55.6 Å². The van der Waals surface area contributed by atoms with Crippen molar-refractivity contribution in [1.82, 2.24) is 0 Å². The Bertz CT molecular complexity index is 38.5. The maximum Gasteiger partial charge on any atom is 0.174 e. The maximum atomic E-state index is 5.31. The van der Waals surface area contributed by atoms with Crippen LogP contribution >= 0.6 is 44.9 Å². The second kappa shape index (κ2) is 2.51.